The Morgan fingerprint density at radius 1 is 1.07 bits per heavy atom. The van der Waals surface area contributed by atoms with Gasteiger partial charge in [-0.2, -0.15) is 0 Å². The second kappa shape index (κ2) is 7.74. The van der Waals surface area contributed by atoms with Crippen molar-refractivity contribution in [1.82, 2.24) is 4.90 Å². The number of nitrogens with zero attached hydrogens (tertiary/aromatic N) is 1. The van der Waals surface area contributed by atoms with Crippen LogP contribution in [0, 0.1) is 13.8 Å². The van der Waals surface area contributed by atoms with E-state index in [2.05, 4.69) is 0 Å². The van der Waals surface area contributed by atoms with Crippen LogP contribution in [-0.4, -0.2) is 83.7 Å². The largest absolute Gasteiger partial charge is 0.496 e. The van der Waals surface area contributed by atoms with Gasteiger partial charge in [0.15, 0.2) is 25.5 Å². The highest BCUT2D eigenvalue weighted by molar-refractivity contribution is 7.96. The monoisotopic (exact) mass is 459 g/mol. The molecular weight excluding hydrogens is 430 g/mol. The van der Waals surface area contributed by atoms with E-state index in [1.54, 1.807) is 26.0 Å². The Kier molecular flexibility index (Phi) is 5.68. The standard InChI is InChI=1S/C20H29NO7S2/c1-14-11-18(15(2)10-17(14)26-3)30(24,25)19-13-29(22,23)12-16(19)21-6-4-20(5-7-21)27-8-9-28-20/h10-11,16,19H,4-9,12-13H2,1-3H3/t16-,19-/m0/s1. The van der Waals surface area contributed by atoms with Crippen molar-refractivity contribution in [1.29, 1.82) is 0 Å². The number of ether oxygens (including phenoxy) is 3. The van der Waals surface area contributed by atoms with Crippen LogP contribution >= 0.6 is 0 Å². The first-order valence-electron chi connectivity index (χ1n) is 10.2. The molecule has 3 heterocycles. The molecule has 0 unspecified atom stereocenters. The lowest BCUT2D eigenvalue weighted by molar-refractivity contribution is -0.187. The number of likely N-dealkylation sites (tertiary alicyclic amines) is 1. The fourth-order valence-corrected chi connectivity index (χ4v) is 10.0. The zero-order chi connectivity index (χ0) is 21.7. The van der Waals surface area contributed by atoms with Gasteiger partial charge in [-0.15, -0.1) is 0 Å². The van der Waals surface area contributed by atoms with Crippen molar-refractivity contribution >= 4 is 19.7 Å². The lowest BCUT2D eigenvalue weighted by Gasteiger charge is -2.41. The average molecular weight is 460 g/mol. The van der Waals surface area contributed by atoms with E-state index in [9.17, 15) is 16.8 Å². The van der Waals surface area contributed by atoms with Crippen molar-refractivity contribution in [2.45, 2.75) is 48.7 Å². The van der Waals surface area contributed by atoms with Gasteiger partial charge < -0.3 is 14.2 Å². The molecule has 1 aromatic rings. The third-order valence-corrected chi connectivity index (χ3v) is 10.8. The Balaban J connectivity index is 1.64. The second-order valence-corrected chi connectivity index (χ2v) is 12.7. The maximum absolute atomic E-state index is 13.6. The molecule has 10 heteroatoms. The summed E-state index contributed by atoms with van der Waals surface area (Å²) in [6, 6.07) is 2.72. The molecular formula is C20H29NO7S2. The summed E-state index contributed by atoms with van der Waals surface area (Å²) in [5.41, 5.74) is 1.26. The molecule has 0 aromatic heterocycles. The van der Waals surface area contributed by atoms with E-state index in [0.29, 0.717) is 56.0 Å². The van der Waals surface area contributed by atoms with Gasteiger partial charge in [-0.25, -0.2) is 16.8 Å². The predicted molar refractivity (Wildman–Crippen MR) is 111 cm³/mol. The van der Waals surface area contributed by atoms with Crippen LogP contribution in [0.2, 0.25) is 0 Å². The van der Waals surface area contributed by atoms with Crippen LogP contribution in [0.3, 0.4) is 0 Å². The number of hydrogen-bond donors (Lipinski definition) is 0. The highest BCUT2D eigenvalue weighted by Gasteiger charge is 2.51. The van der Waals surface area contributed by atoms with Gasteiger partial charge in [0.25, 0.3) is 0 Å². The van der Waals surface area contributed by atoms with Gasteiger partial charge in [0.05, 0.1) is 42.0 Å². The minimum absolute atomic E-state index is 0.139. The summed E-state index contributed by atoms with van der Waals surface area (Å²) in [7, 11) is -5.77. The smallest absolute Gasteiger partial charge is 0.184 e. The molecule has 0 aliphatic carbocycles. The number of rotatable bonds is 4. The first-order chi connectivity index (χ1) is 14.1. The minimum Gasteiger partial charge on any atom is -0.496 e. The predicted octanol–water partition coefficient (Wildman–Crippen LogP) is 1.09. The van der Waals surface area contributed by atoms with E-state index in [4.69, 9.17) is 14.2 Å². The highest BCUT2D eigenvalue weighted by Crippen LogP contribution is 2.37. The lowest BCUT2D eigenvalue weighted by atomic mass is 10.0. The van der Waals surface area contributed by atoms with Crippen molar-refractivity contribution in [2.24, 2.45) is 0 Å². The summed E-state index contributed by atoms with van der Waals surface area (Å²) in [6.45, 7) is 5.72. The molecule has 0 saturated carbocycles. The van der Waals surface area contributed by atoms with Crippen molar-refractivity contribution in [2.75, 3.05) is 44.9 Å². The number of piperidine rings is 1. The lowest BCUT2D eigenvalue weighted by Crippen LogP contribution is -2.53. The quantitative estimate of drug-likeness (QED) is 0.660. The summed E-state index contributed by atoms with van der Waals surface area (Å²) in [5, 5.41) is -0.992. The molecule has 1 spiro atoms. The van der Waals surface area contributed by atoms with Crippen LogP contribution in [0.15, 0.2) is 17.0 Å². The molecule has 0 bridgehead atoms. The maximum atomic E-state index is 13.6. The van der Waals surface area contributed by atoms with Crippen LogP contribution in [0.25, 0.3) is 0 Å². The topological polar surface area (TPSA) is 99.2 Å². The van der Waals surface area contributed by atoms with E-state index < -0.39 is 36.8 Å². The van der Waals surface area contributed by atoms with E-state index in [1.165, 1.54) is 7.11 Å². The Morgan fingerprint density at radius 2 is 1.70 bits per heavy atom. The summed E-state index contributed by atoms with van der Waals surface area (Å²) in [5.74, 6) is -0.467. The van der Waals surface area contributed by atoms with E-state index in [1.807, 2.05) is 4.90 Å². The fraction of sp³-hybridized carbons (Fsp3) is 0.700. The minimum atomic E-state index is -3.85. The van der Waals surface area contributed by atoms with Gasteiger partial charge in [0, 0.05) is 32.0 Å². The molecule has 168 valence electrons. The van der Waals surface area contributed by atoms with Crippen molar-refractivity contribution in [3.05, 3.63) is 23.3 Å². The Bertz CT molecular complexity index is 1020. The zero-order valence-electron chi connectivity index (χ0n) is 17.6. The number of hydrogen-bond acceptors (Lipinski definition) is 8. The molecule has 30 heavy (non-hydrogen) atoms. The summed E-state index contributed by atoms with van der Waals surface area (Å²) < 4.78 is 69.1. The van der Waals surface area contributed by atoms with Crippen LogP contribution in [0.4, 0.5) is 0 Å². The van der Waals surface area contributed by atoms with E-state index in [0.717, 1.165) is 0 Å². The number of aryl methyl sites for hydroxylation is 2. The SMILES string of the molecule is COc1cc(C)c(S(=O)(=O)[C@H]2CS(=O)(=O)C[C@@H]2N2CCC3(CC2)OCCO3)cc1C. The zero-order valence-corrected chi connectivity index (χ0v) is 19.2. The first-order valence-corrected chi connectivity index (χ1v) is 13.6. The van der Waals surface area contributed by atoms with Gasteiger partial charge in [0.1, 0.15) is 5.75 Å². The summed E-state index contributed by atoms with van der Waals surface area (Å²) in [6.07, 6.45) is 1.22. The van der Waals surface area contributed by atoms with Gasteiger partial charge in [-0.1, -0.05) is 0 Å². The molecule has 0 N–H and O–H groups in total. The Labute approximate surface area is 178 Å². The molecule has 0 radical (unpaired) electrons. The molecule has 0 amide bonds. The van der Waals surface area contributed by atoms with Crippen LogP contribution in [0.1, 0.15) is 24.0 Å². The van der Waals surface area contributed by atoms with Crippen LogP contribution in [-0.2, 0) is 29.1 Å². The van der Waals surface area contributed by atoms with Crippen molar-refractivity contribution < 1.29 is 31.0 Å². The maximum Gasteiger partial charge on any atom is 0.184 e. The van der Waals surface area contributed by atoms with E-state index in [-0.39, 0.29) is 16.4 Å². The molecule has 1 aromatic carbocycles. The van der Waals surface area contributed by atoms with Crippen LogP contribution in [0.5, 0.6) is 5.75 Å². The number of methoxy groups -OCH3 is 1. The van der Waals surface area contributed by atoms with Crippen molar-refractivity contribution in [3.8, 4) is 5.75 Å². The average Bonchev–Trinajstić information content (AvgIpc) is 3.28. The van der Waals surface area contributed by atoms with Gasteiger partial charge >= 0.3 is 0 Å². The molecule has 4 rings (SSSR count). The fourth-order valence-electron chi connectivity index (χ4n) is 4.87. The third kappa shape index (κ3) is 3.88. The van der Waals surface area contributed by atoms with Gasteiger partial charge in [0.2, 0.25) is 0 Å². The van der Waals surface area contributed by atoms with Crippen molar-refractivity contribution in [3.63, 3.8) is 0 Å². The molecule has 3 saturated heterocycles. The van der Waals surface area contributed by atoms with Crippen LogP contribution < -0.4 is 4.74 Å². The highest BCUT2D eigenvalue weighted by atomic mass is 32.2. The Hall–Kier alpha value is -1.20. The third-order valence-electron chi connectivity index (χ3n) is 6.51. The molecule has 2 atom stereocenters. The Morgan fingerprint density at radius 3 is 2.30 bits per heavy atom. The van der Waals surface area contributed by atoms with Gasteiger partial charge in [-0.3, -0.25) is 4.90 Å². The summed E-state index contributed by atoms with van der Waals surface area (Å²) in [4.78, 5) is 2.18. The van der Waals surface area contributed by atoms with E-state index >= 15 is 0 Å². The molecule has 3 aliphatic heterocycles. The number of benzene rings is 1. The first kappa shape index (κ1) is 22.0. The summed E-state index contributed by atoms with van der Waals surface area (Å²) >= 11 is 0. The normalized spacial score (nSPS) is 28.8. The second-order valence-electron chi connectivity index (χ2n) is 8.46. The molecule has 3 aliphatic rings. The van der Waals surface area contributed by atoms with Gasteiger partial charge in [-0.05, 0) is 37.1 Å². The molecule has 3 fully saturated rings. The number of sulfone groups is 2. The molecule has 8 nitrogen and oxygen atoms in total.